The molecule has 2 aliphatic rings. The third-order valence-electron chi connectivity index (χ3n) is 5.80. The standard InChI is InChI=1S/C19H20F5N5O3S2/c1-34(31,32)14-9-12(20)8-11(15(14)21)10-28-6-7-29(18(28)30)13-2-4-27(5-3-13)17-26-25-16(33-17)19(22,23)24/h8-9,13H,2-7,10H2,1H3. The number of urea groups is 1. The van der Waals surface area contributed by atoms with Crippen LogP contribution >= 0.6 is 11.3 Å². The number of carbonyl (C=O) groups excluding carboxylic acids is 1. The van der Waals surface area contributed by atoms with Gasteiger partial charge in [-0.3, -0.25) is 0 Å². The normalized spacial score (nSPS) is 18.3. The molecule has 186 valence electrons. The maximum Gasteiger partial charge on any atom is 0.445 e. The minimum absolute atomic E-state index is 0.170. The van der Waals surface area contributed by atoms with Gasteiger partial charge in [0.15, 0.2) is 9.84 Å². The summed E-state index contributed by atoms with van der Waals surface area (Å²) in [5.41, 5.74) is -0.234. The second kappa shape index (κ2) is 8.91. The zero-order valence-corrected chi connectivity index (χ0v) is 19.5. The van der Waals surface area contributed by atoms with Crippen LogP contribution < -0.4 is 4.90 Å². The fourth-order valence-corrected chi connectivity index (χ4v) is 5.67. The third kappa shape index (κ3) is 4.94. The van der Waals surface area contributed by atoms with Gasteiger partial charge in [-0.1, -0.05) is 11.3 Å². The molecule has 0 aliphatic carbocycles. The second-order valence-electron chi connectivity index (χ2n) is 8.15. The van der Waals surface area contributed by atoms with Crippen LogP contribution in [0.5, 0.6) is 0 Å². The van der Waals surface area contributed by atoms with Crippen molar-refractivity contribution < 1.29 is 35.2 Å². The van der Waals surface area contributed by atoms with E-state index in [-0.39, 0.29) is 29.8 Å². The first-order valence-electron chi connectivity index (χ1n) is 10.2. The molecular formula is C19H20F5N5O3S2. The molecular weight excluding hydrogens is 505 g/mol. The van der Waals surface area contributed by atoms with E-state index in [2.05, 4.69) is 10.2 Å². The molecule has 0 spiro atoms. The lowest BCUT2D eigenvalue weighted by Crippen LogP contribution is -2.46. The van der Waals surface area contributed by atoms with Crippen molar-refractivity contribution in [2.75, 3.05) is 37.3 Å². The SMILES string of the molecule is CS(=O)(=O)c1cc(F)cc(CN2CCN(C3CCN(c4nnc(C(F)(F)F)s4)CC3)C2=O)c1F. The average molecular weight is 526 g/mol. The Morgan fingerprint density at radius 2 is 1.76 bits per heavy atom. The molecule has 34 heavy (non-hydrogen) atoms. The first kappa shape index (κ1) is 24.6. The van der Waals surface area contributed by atoms with E-state index < -0.39 is 43.6 Å². The molecule has 4 rings (SSSR count). The van der Waals surface area contributed by atoms with Crippen LogP contribution in [0.3, 0.4) is 0 Å². The summed E-state index contributed by atoms with van der Waals surface area (Å²) in [6.45, 7) is 1.07. The number of aromatic nitrogens is 2. The summed E-state index contributed by atoms with van der Waals surface area (Å²) in [7, 11) is -3.99. The fraction of sp³-hybridized carbons (Fsp3) is 0.526. The molecule has 2 saturated heterocycles. The van der Waals surface area contributed by atoms with Crippen LogP contribution in [-0.2, 0) is 22.6 Å². The molecule has 0 bridgehead atoms. The van der Waals surface area contributed by atoms with Crippen molar-refractivity contribution >= 4 is 32.3 Å². The topological polar surface area (TPSA) is 86.7 Å². The van der Waals surface area contributed by atoms with E-state index in [1.807, 2.05) is 0 Å². The lowest BCUT2D eigenvalue weighted by Gasteiger charge is -2.36. The number of amides is 2. The smallest absolute Gasteiger partial charge is 0.346 e. The molecule has 1 aromatic carbocycles. The maximum absolute atomic E-state index is 14.7. The molecule has 2 aromatic rings. The van der Waals surface area contributed by atoms with Crippen molar-refractivity contribution in [1.82, 2.24) is 20.0 Å². The number of halogens is 5. The molecule has 3 heterocycles. The predicted molar refractivity (Wildman–Crippen MR) is 112 cm³/mol. The summed E-state index contributed by atoms with van der Waals surface area (Å²) >= 11 is 0.468. The highest BCUT2D eigenvalue weighted by molar-refractivity contribution is 7.90. The predicted octanol–water partition coefficient (Wildman–Crippen LogP) is 3.15. The van der Waals surface area contributed by atoms with E-state index >= 15 is 0 Å². The van der Waals surface area contributed by atoms with Crippen LogP contribution in [0.1, 0.15) is 23.4 Å². The molecule has 0 unspecified atom stereocenters. The Labute approximate surface area is 195 Å². The van der Waals surface area contributed by atoms with Crippen molar-refractivity contribution in [3.8, 4) is 0 Å². The highest BCUT2D eigenvalue weighted by atomic mass is 32.2. The summed E-state index contributed by atoms with van der Waals surface area (Å²) in [6.07, 6.45) is -2.79. The Morgan fingerprint density at radius 1 is 1.09 bits per heavy atom. The number of hydrogen-bond acceptors (Lipinski definition) is 7. The van der Waals surface area contributed by atoms with E-state index in [4.69, 9.17) is 0 Å². The maximum atomic E-state index is 14.7. The van der Waals surface area contributed by atoms with Crippen LogP contribution in [0.15, 0.2) is 17.0 Å². The number of benzene rings is 1. The molecule has 2 aliphatic heterocycles. The van der Waals surface area contributed by atoms with Crippen LogP contribution in [0.25, 0.3) is 0 Å². The number of piperidine rings is 1. The Morgan fingerprint density at radius 3 is 2.35 bits per heavy atom. The minimum Gasteiger partial charge on any atom is -0.346 e. The molecule has 8 nitrogen and oxygen atoms in total. The summed E-state index contributed by atoms with van der Waals surface area (Å²) in [5, 5.41) is 5.96. The highest BCUT2D eigenvalue weighted by Gasteiger charge is 2.38. The number of hydrogen-bond donors (Lipinski definition) is 0. The van der Waals surface area contributed by atoms with Crippen molar-refractivity contribution in [3.63, 3.8) is 0 Å². The molecule has 2 amide bonds. The molecule has 0 radical (unpaired) electrons. The summed E-state index contributed by atoms with van der Waals surface area (Å²) < 4.78 is 90.3. The number of carbonyl (C=O) groups is 1. The number of sulfone groups is 1. The van der Waals surface area contributed by atoms with E-state index in [0.29, 0.717) is 49.9 Å². The first-order valence-corrected chi connectivity index (χ1v) is 12.9. The third-order valence-corrected chi connectivity index (χ3v) is 7.92. The molecule has 0 N–H and O–H groups in total. The van der Waals surface area contributed by atoms with Gasteiger partial charge in [0.05, 0.1) is 6.54 Å². The van der Waals surface area contributed by atoms with Gasteiger partial charge in [0, 0.05) is 44.0 Å². The van der Waals surface area contributed by atoms with Crippen LogP contribution in [0, 0.1) is 11.6 Å². The van der Waals surface area contributed by atoms with Crippen molar-refractivity contribution in [3.05, 3.63) is 34.3 Å². The van der Waals surface area contributed by atoms with E-state index in [1.165, 1.54) is 4.90 Å². The second-order valence-corrected chi connectivity index (χ2v) is 11.1. The van der Waals surface area contributed by atoms with Crippen molar-refractivity contribution in [1.29, 1.82) is 0 Å². The molecule has 15 heteroatoms. The van der Waals surface area contributed by atoms with E-state index in [9.17, 15) is 35.2 Å². The Balaban J connectivity index is 1.39. The number of nitrogens with zero attached hydrogens (tertiary/aromatic N) is 5. The first-order chi connectivity index (χ1) is 15.8. The zero-order chi connectivity index (χ0) is 24.8. The van der Waals surface area contributed by atoms with Crippen molar-refractivity contribution in [2.24, 2.45) is 0 Å². The van der Waals surface area contributed by atoms with Gasteiger partial charge in [-0.05, 0) is 25.0 Å². The van der Waals surface area contributed by atoms with Crippen LogP contribution in [0.4, 0.5) is 31.9 Å². The highest BCUT2D eigenvalue weighted by Crippen LogP contribution is 2.35. The van der Waals surface area contributed by atoms with Crippen molar-refractivity contribution in [2.45, 2.75) is 36.5 Å². The van der Waals surface area contributed by atoms with Gasteiger partial charge in [-0.15, -0.1) is 10.2 Å². The van der Waals surface area contributed by atoms with Gasteiger partial charge in [-0.2, -0.15) is 13.2 Å². The van der Waals surface area contributed by atoms with Crippen LogP contribution in [-0.4, -0.2) is 72.9 Å². The average Bonchev–Trinajstić information content (AvgIpc) is 3.38. The van der Waals surface area contributed by atoms with Gasteiger partial charge >= 0.3 is 12.2 Å². The van der Waals surface area contributed by atoms with Gasteiger partial charge in [0.1, 0.15) is 16.5 Å². The summed E-state index contributed by atoms with van der Waals surface area (Å²) in [6, 6.07) is 0.914. The van der Waals surface area contributed by atoms with E-state index in [1.54, 1.807) is 9.80 Å². The molecule has 0 saturated carbocycles. The molecule has 0 atom stereocenters. The fourth-order valence-electron chi connectivity index (χ4n) is 4.12. The van der Waals surface area contributed by atoms with Gasteiger partial charge in [-0.25, -0.2) is 22.0 Å². The quantitative estimate of drug-likeness (QED) is 0.558. The lowest BCUT2D eigenvalue weighted by molar-refractivity contribution is -0.138. The summed E-state index contributed by atoms with van der Waals surface area (Å²) in [4.78, 5) is 16.8. The zero-order valence-electron chi connectivity index (χ0n) is 17.8. The molecule has 2 fully saturated rings. The number of anilines is 1. The Kier molecular flexibility index (Phi) is 6.44. The lowest BCUT2D eigenvalue weighted by atomic mass is 10.0. The Bertz CT molecular complexity index is 1200. The van der Waals surface area contributed by atoms with Gasteiger partial charge in [0.25, 0.3) is 0 Å². The Hall–Kier alpha value is -2.55. The summed E-state index contributed by atoms with van der Waals surface area (Å²) in [5.74, 6) is -2.00. The van der Waals surface area contributed by atoms with E-state index in [0.717, 1.165) is 12.3 Å². The minimum atomic E-state index is -4.55. The van der Waals surface area contributed by atoms with Gasteiger partial charge in [0.2, 0.25) is 10.1 Å². The number of alkyl halides is 3. The van der Waals surface area contributed by atoms with Crippen LogP contribution in [0.2, 0.25) is 0 Å². The van der Waals surface area contributed by atoms with Gasteiger partial charge < -0.3 is 14.7 Å². The number of rotatable bonds is 5. The monoisotopic (exact) mass is 525 g/mol. The largest absolute Gasteiger partial charge is 0.445 e. The molecule has 1 aromatic heterocycles.